The molecule has 0 aromatic carbocycles. The molecule has 0 aromatic heterocycles. The summed E-state index contributed by atoms with van der Waals surface area (Å²) in [6.07, 6.45) is 5.13. The molecular formula is C14H26O2. The van der Waals surface area contributed by atoms with Crippen molar-refractivity contribution in [1.82, 2.24) is 0 Å². The summed E-state index contributed by atoms with van der Waals surface area (Å²) in [5.41, 5.74) is -0.113. The Morgan fingerprint density at radius 2 is 1.25 bits per heavy atom. The largest absolute Gasteiger partial charge is 0.300 e. The number of rotatable bonds is 9. The Kier molecular flexibility index (Phi) is 7.27. The van der Waals surface area contributed by atoms with Crippen LogP contribution in [0, 0.1) is 5.41 Å². The fourth-order valence-electron chi connectivity index (χ4n) is 2.00. The predicted octanol–water partition coefficient (Wildman–Crippen LogP) is 3.92. The van der Waals surface area contributed by atoms with Gasteiger partial charge in [0.1, 0.15) is 11.6 Å². The van der Waals surface area contributed by atoms with Crippen LogP contribution in [0.3, 0.4) is 0 Å². The van der Waals surface area contributed by atoms with Gasteiger partial charge in [0.05, 0.1) is 0 Å². The summed E-state index contributed by atoms with van der Waals surface area (Å²) in [5, 5.41) is 0. The molecule has 0 amide bonds. The SMILES string of the molecule is CCCC(=O)CC(C)(CC)CC(=O)CCC. The maximum atomic E-state index is 11.6. The van der Waals surface area contributed by atoms with Gasteiger partial charge in [-0.1, -0.05) is 27.7 Å². The molecule has 2 heteroatoms. The molecule has 0 saturated heterocycles. The third kappa shape index (κ3) is 6.04. The molecule has 16 heavy (non-hydrogen) atoms. The van der Waals surface area contributed by atoms with Crippen LogP contribution in [0.1, 0.15) is 72.6 Å². The van der Waals surface area contributed by atoms with Gasteiger partial charge in [-0.25, -0.2) is 0 Å². The fraction of sp³-hybridized carbons (Fsp3) is 0.857. The third-order valence-electron chi connectivity index (χ3n) is 3.16. The topological polar surface area (TPSA) is 34.1 Å². The van der Waals surface area contributed by atoms with Crippen molar-refractivity contribution in [2.75, 3.05) is 0 Å². The maximum absolute atomic E-state index is 11.6. The van der Waals surface area contributed by atoms with Gasteiger partial charge in [-0.05, 0) is 24.7 Å². The standard InChI is InChI=1S/C14H26O2/c1-5-8-12(15)10-14(4,7-3)11-13(16)9-6-2/h5-11H2,1-4H3. The average molecular weight is 226 g/mol. The predicted molar refractivity (Wildman–Crippen MR) is 67.5 cm³/mol. The quantitative estimate of drug-likeness (QED) is 0.597. The lowest BCUT2D eigenvalue weighted by molar-refractivity contribution is -0.124. The van der Waals surface area contributed by atoms with Gasteiger partial charge in [0.25, 0.3) is 0 Å². The Balaban J connectivity index is 4.29. The second kappa shape index (κ2) is 7.59. The highest BCUT2D eigenvalue weighted by Crippen LogP contribution is 2.31. The summed E-state index contributed by atoms with van der Waals surface area (Å²) in [6, 6.07) is 0. The number of Topliss-reactive ketones (excluding diaryl/α,β-unsaturated/α-hetero) is 2. The van der Waals surface area contributed by atoms with Gasteiger partial charge in [-0.3, -0.25) is 9.59 Å². The fourth-order valence-corrected chi connectivity index (χ4v) is 2.00. The van der Waals surface area contributed by atoms with Gasteiger partial charge < -0.3 is 0 Å². The van der Waals surface area contributed by atoms with E-state index in [1.165, 1.54) is 0 Å². The average Bonchev–Trinajstić information content (AvgIpc) is 2.17. The van der Waals surface area contributed by atoms with E-state index in [0.717, 1.165) is 19.3 Å². The molecule has 0 radical (unpaired) electrons. The molecule has 0 saturated carbocycles. The van der Waals surface area contributed by atoms with E-state index in [1.54, 1.807) is 0 Å². The first-order chi connectivity index (χ1) is 7.47. The zero-order valence-corrected chi connectivity index (χ0v) is 11.3. The molecule has 94 valence electrons. The maximum Gasteiger partial charge on any atom is 0.133 e. The minimum Gasteiger partial charge on any atom is -0.300 e. The van der Waals surface area contributed by atoms with Crippen LogP contribution in [0.4, 0.5) is 0 Å². The summed E-state index contributed by atoms with van der Waals surface area (Å²) in [6.45, 7) is 8.17. The van der Waals surface area contributed by atoms with Crippen molar-refractivity contribution >= 4 is 11.6 Å². The van der Waals surface area contributed by atoms with Crippen molar-refractivity contribution in [1.29, 1.82) is 0 Å². The molecular weight excluding hydrogens is 200 g/mol. The Bertz CT molecular complexity index is 211. The molecule has 0 bridgehead atoms. The van der Waals surface area contributed by atoms with Gasteiger partial charge in [0.15, 0.2) is 0 Å². The molecule has 0 N–H and O–H groups in total. The first-order valence-corrected chi connectivity index (χ1v) is 6.50. The highest BCUT2D eigenvalue weighted by atomic mass is 16.1. The summed E-state index contributed by atoms with van der Waals surface area (Å²) in [5.74, 6) is 0.604. The van der Waals surface area contributed by atoms with E-state index in [9.17, 15) is 9.59 Å². The number of carbonyl (C=O) groups is 2. The Labute approximate surface area is 99.8 Å². The lowest BCUT2D eigenvalue weighted by Crippen LogP contribution is -2.23. The Morgan fingerprint density at radius 3 is 1.50 bits per heavy atom. The van der Waals surface area contributed by atoms with Crippen molar-refractivity contribution in [3.63, 3.8) is 0 Å². The highest BCUT2D eigenvalue weighted by molar-refractivity contribution is 5.82. The van der Waals surface area contributed by atoms with Crippen LogP contribution in [0.2, 0.25) is 0 Å². The first kappa shape index (κ1) is 15.3. The minimum absolute atomic E-state index is 0.113. The van der Waals surface area contributed by atoms with Crippen LogP contribution in [0.25, 0.3) is 0 Å². The van der Waals surface area contributed by atoms with Crippen LogP contribution in [0.5, 0.6) is 0 Å². The van der Waals surface area contributed by atoms with Gasteiger partial charge in [-0.2, -0.15) is 0 Å². The number of ketones is 2. The van der Waals surface area contributed by atoms with Crippen molar-refractivity contribution in [2.45, 2.75) is 72.6 Å². The van der Waals surface area contributed by atoms with Gasteiger partial charge in [0.2, 0.25) is 0 Å². The molecule has 0 spiro atoms. The van der Waals surface area contributed by atoms with Crippen LogP contribution in [0.15, 0.2) is 0 Å². The van der Waals surface area contributed by atoms with Crippen molar-refractivity contribution in [3.8, 4) is 0 Å². The molecule has 0 rings (SSSR count). The molecule has 2 nitrogen and oxygen atoms in total. The third-order valence-corrected chi connectivity index (χ3v) is 3.16. The Hall–Kier alpha value is -0.660. The number of hydrogen-bond donors (Lipinski definition) is 0. The molecule has 0 aromatic rings. The smallest absolute Gasteiger partial charge is 0.133 e. The van der Waals surface area contributed by atoms with Gasteiger partial charge in [-0.15, -0.1) is 0 Å². The highest BCUT2D eigenvalue weighted by Gasteiger charge is 2.27. The Morgan fingerprint density at radius 1 is 0.875 bits per heavy atom. The van der Waals surface area contributed by atoms with Crippen molar-refractivity contribution in [3.05, 3.63) is 0 Å². The van der Waals surface area contributed by atoms with Crippen LogP contribution < -0.4 is 0 Å². The molecule has 0 aliphatic carbocycles. The van der Waals surface area contributed by atoms with Gasteiger partial charge >= 0.3 is 0 Å². The van der Waals surface area contributed by atoms with Crippen molar-refractivity contribution in [2.24, 2.45) is 5.41 Å². The second-order valence-electron chi connectivity index (χ2n) is 5.10. The summed E-state index contributed by atoms with van der Waals surface area (Å²) >= 11 is 0. The monoisotopic (exact) mass is 226 g/mol. The molecule has 0 heterocycles. The van der Waals surface area contributed by atoms with E-state index >= 15 is 0 Å². The normalized spacial score (nSPS) is 11.5. The summed E-state index contributed by atoms with van der Waals surface area (Å²) in [7, 11) is 0. The van der Waals surface area contributed by atoms with E-state index in [1.807, 2.05) is 13.8 Å². The zero-order chi connectivity index (χ0) is 12.6. The van der Waals surface area contributed by atoms with Crippen LogP contribution in [-0.2, 0) is 9.59 Å². The van der Waals surface area contributed by atoms with E-state index in [0.29, 0.717) is 37.2 Å². The van der Waals surface area contributed by atoms with E-state index in [4.69, 9.17) is 0 Å². The zero-order valence-electron chi connectivity index (χ0n) is 11.3. The van der Waals surface area contributed by atoms with E-state index in [-0.39, 0.29) is 5.41 Å². The van der Waals surface area contributed by atoms with Crippen LogP contribution >= 0.6 is 0 Å². The van der Waals surface area contributed by atoms with E-state index < -0.39 is 0 Å². The summed E-state index contributed by atoms with van der Waals surface area (Å²) in [4.78, 5) is 23.3. The molecule has 0 fully saturated rings. The first-order valence-electron chi connectivity index (χ1n) is 6.50. The lowest BCUT2D eigenvalue weighted by atomic mass is 9.77. The molecule has 0 aliphatic heterocycles. The number of hydrogen-bond acceptors (Lipinski definition) is 2. The van der Waals surface area contributed by atoms with Crippen LogP contribution in [-0.4, -0.2) is 11.6 Å². The molecule has 0 unspecified atom stereocenters. The van der Waals surface area contributed by atoms with Gasteiger partial charge in [0, 0.05) is 25.7 Å². The second-order valence-corrected chi connectivity index (χ2v) is 5.10. The molecule has 0 atom stereocenters. The van der Waals surface area contributed by atoms with Crippen molar-refractivity contribution < 1.29 is 9.59 Å². The van der Waals surface area contributed by atoms with E-state index in [2.05, 4.69) is 13.8 Å². The molecule has 0 aliphatic rings. The minimum atomic E-state index is -0.113. The lowest BCUT2D eigenvalue weighted by Gasteiger charge is -2.26. The summed E-state index contributed by atoms with van der Waals surface area (Å²) < 4.78 is 0. The number of carbonyl (C=O) groups excluding carboxylic acids is 2.